The Hall–Kier alpha value is -1.46. The fourth-order valence-electron chi connectivity index (χ4n) is 1.63. The maximum atomic E-state index is 9.76. The van der Waals surface area contributed by atoms with Crippen LogP contribution in [0.2, 0.25) is 0 Å². The van der Waals surface area contributed by atoms with Gasteiger partial charge >= 0.3 is 0 Å². The third-order valence-electron chi connectivity index (χ3n) is 2.65. The molecule has 1 aromatic carbocycles. The minimum Gasteiger partial charge on any atom is -0.502 e. The first-order valence-electron chi connectivity index (χ1n) is 5.54. The van der Waals surface area contributed by atoms with Crippen molar-refractivity contribution in [3.63, 3.8) is 0 Å². The maximum Gasteiger partial charge on any atom is 0.200 e. The number of ether oxygens (including phenoxy) is 2. The summed E-state index contributed by atoms with van der Waals surface area (Å²) in [5.41, 5.74) is 12.3. The molecule has 17 heavy (non-hydrogen) atoms. The number of hydrogen-bond acceptors (Lipinski definition) is 5. The van der Waals surface area contributed by atoms with Crippen LogP contribution < -0.4 is 20.9 Å². The Bertz CT molecular complexity index is 344. The first kappa shape index (κ1) is 13.6. The van der Waals surface area contributed by atoms with Crippen LogP contribution in [-0.2, 0) is 0 Å². The molecule has 0 aliphatic carbocycles. The number of phenolic OH excluding ortho intramolecular Hbond substituents is 1. The van der Waals surface area contributed by atoms with Crippen molar-refractivity contribution in [2.75, 3.05) is 20.8 Å². The van der Waals surface area contributed by atoms with Gasteiger partial charge in [-0.3, -0.25) is 0 Å². The summed E-state index contributed by atoms with van der Waals surface area (Å²) in [6, 6.07) is 3.31. The van der Waals surface area contributed by atoms with Crippen LogP contribution in [0, 0.1) is 0 Å². The normalized spacial score (nSPS) is 12.2. The first-order chi connectivity index (χ1) is 8.13. The van der Waals surface area contributed by atoms with E-state index >= 15 is 0 Å². The second-order valence-corrected chi connectivity index (χ2v) is 3.81. The fourth-order valence-corrected chi connectivity index (χ4v) is 1.63. The van der Waals surface area contributed by atoms with Crippen molar-refractivity contribution >= 4 is 0 Å². The van der Waals surface area contributed by atoms with E-state index in [2.05, 4.69) is 0 Å². The van der Waals surface area contributed by atoms with Gasteiger partial charge in [0.15, 0.2) is 11.5 Å². The van der Waals surface area contributed by atoms with Gasteiger partial charge in [0.25, 0.3) is 0 Å². The molecule has 0 unspecified atom stereocenters. The van der Waals surface area contributed by atoms with Crippen LogP contribution in [0.3, 0.4) is 0 Å². The molecule has 1 aromatic rings. The molecular weight excluding hydrogens is 220 g/mol. The van der Waals surface area contributed by atoms with Gasteiger partial charge in [-0.25, -0.2) is 0 Å². The zero-order chi connectivity index (χ0) is 12.8. The lowest BCUT2D eigenvalue weighted by Gasteiger charge is -2.15. The smallest absolute Gasteiger partial charge is 0.200 e. The lowest BCUT2D eigenvalue weighted by atomic mass is 10.0. The second kappa shape index (κ2) is 6.32. The van der Waals surface area contributed by atoms with Crippen LogP contribution in [0.4, 0.5) is 0 Å². The molecule has 0 heterocycles. The van der Waals surface area contributed by atoms with Gasteiger partial charge in [-0.15, -0.1) is 0 Å². The molecule has 1 rings (SSSR count). The van der Waals surface area contributed by atoms with Gasteiger partial charge in [-0.1, -0.05) is 0 Å². The third-order valence-corrected chi connectivity index (χ3v) is 2.65. The second-order valence-electron chi connectivity index (χ2n) is 3.81. The molecular formula is C12H20N2O3. The number of rotatable bonds is 6. The Morgan fingerprint density at radius 2 is 1.76 bits per heavy atom. The minimum absolute atomic E-state index is 0.00947. The summed E-state index contributed by atoms with van der Waals surface area (Å²) >= 11 is 0. The Kier molecular flexibility index (Phi) is 5.06. The zero-order valence-corrected chi connectivity index (χ0v) is 10.3. The summed E-state index contributed by atoms with van der Waals surface area (Å²) in [4.78, 5) is 0. The summed E-state index contributed by atoms with van der Waals surface area (Å²) in [6.45, 7) is 0.611. The molecule has 0 aliphatic heterocycles. The lowest BCUT2D eigenvalue weighted by Crippen LogP contribution is -2.12. The molecule has 0 aliphatic rings. The molecule has 0 bridgehead atoms. The van der Waals surface area contributed by atoms with Crippen LogP contribution in [-0.4, -0.2) is 25.9 Å². The van der Waals surface area contributed by atoms with Gasteiger partial charge < -0.3 is 26.0 Å². The summed E-state index contributed by atoms with van der Waals surface area (Å²) in [7, 11) is 2.98. The Labute approximate surface area is 101 Å². The van der Waals surface area contributed by atoms with E-state index in [4.69, 9.17) is 20.9 Å². The van der Waals surface area contributed by atoms with Gasteiger partial charge in [-0.2, -0.15) is 0 Å². The lowest BCUT2D eigenvalue weighted by molar-refractivity contribution is 0.338. The van der Waals surface area contributed by atoms with Crippen molar-refractivity contribution in [1.82, 2.24) is 0 Å². The number of methoxy groups -OCH3 is 2. The molecule has 96 valence electrons. The molecule has 0 amide bonds. The number of hydrogen-bond donors (Lipinski definition) is 3. The van der Waals surface area contributed by atoms with Gasteiger partial charge in [-0.05, 0) is 37.1 Å². The SMILES string of the molecule is COc1cc([C@@H](N)CCCN)cc(OC)c1O. The van der Waals surface area contributed by atoms with Crippen molar-refractivity contribution in [2.24, 2.45) is 11.5 Å². The summed E-state index contributed by atoms with van der Waals surface area (Å²) in [6.07, 6.45) is 1.64. The van der Waals surface area contributed by atoms with E-state index in [1.165, 1.54) is 14.2 Å². The van der Waals surface area contributed by atoms with Crippen LogP contribution in [0.25, 0.3) is 0 Å². The highest BCUT2D eigenvalue weighted by atomic mass is 16.5. The average Bonchev–Trinajstić information content (AvgIpc) is 2.36. The molecule has 1 atom stereocenters. The zero-order valence-electron chi connectivity index (χ0n) is 10.3. The molecule has 0 saturated heterocycles. The first-order valence-corrected chi connectivity index (χ1v) is 5.54. The van der Waals surface area contributed by atoms with Crippen molar-refractivity contribution in [3.05, 3.63) is 17.7 Å². The van der Waals surface area contributed by atoms with E-state index in [0.29, 0.717) is 18.0 Å². The molecule has 0 fully saturated rings. The topological polar surface area (TPSA) is 90.7 Å². The number of phenols is 1. The van der Waals surface area contributed by atoms with Crippen LogP contribution in [0.1, 0.15) is 24.4 Å². The van der Waals surface area contributed by atoms with Crippen molar-refractivity contribution in [1.29, 1.82) is 0 Å². The van der Waals surface area contributed by atoms with E-state index in [1.807, 2.05) is 0 Å². The van der Waals surface area contributed by atoms with E-state index < -0.39 is 0 Å². The average molecular weight is 240 g/mol. The Balaban J connectivity index is 2.99. The van der Waals surface area contributed by atoms with Crippen molar-refractivity contribution in [3.8, 4) is 17.2 Å². The predicted molar refractivity (Wildman–Crippen MR) is 66.4 cm³/mol. The Morgan fingerprint density at radius 1 is 1.24 bits per heavy atom. The van der Waals surface area contributed by atoms with Gasteiger partial charge in [0, 0.05) is 6.04 Å². The van der Waals surface area contributed by atoms with Gasteiger partial charge in [0.2, 0.25) is 5.75 Å². The highest BCUT2D eigenvalue weighted by molar-refractivity contribution is 5.53. The molecule has 5 N–H and O–H groups in total. The third kappa shape index (κ3) is 3.25. The van der Waals surface area contributed by atoms with Crippen molar-refractivity contribution < 1.29 is 14.6 Å². The molecule has 0 radical (unpaired) electrons. The predicted octanol–water partition coefficient (Wildman–Crippen LogP) is 1.15. The monoisotopic (exact) mass is 240 g/mol. The minimum atomic E-state index is -0.137. The Morgan fingerprint density at radius 3 is 2.18 bits per heavy atom. The van der Waals surface area contributed by atoms with Gasteiger partial charge in [0.05, 0.1) is 14.2 Å². The van der Waals surface area contributed by atoms with Crippen LogP contribution in [0.15, 0.2) is 12.1 Å². The van der Waals surface area contributed by atoms with E-state index in [1.54, 1.807) is 12.1 Å². The highest BCUT2D eigenvalue weighted by Crippen LogP contribution is 2.38. The number of nitrogens with two attached hydrogens (primary N) is 2. The standard InChI is InChI=1S/C12H20N2O3/c1-16-10-6-8(9(14)4-3-5-13)7-11(17-2)12(10)15/h6-7,9,15H,3-5,13-14H2,1-2H3/t9-/m0/s1. The van der Waals surface area contributed by atoms with E-state index in [-0.39, 0.29) is 11.8 Å². The van der Waals surface area contributed by atoms with Crippen LogP contribution in [0.5, 0.6) is 17.2 Å². The molecule has 5 nitrogen and oxygen atoms in total. The molecule has 0 spiro atoms. The summed E-state index contributed by atoms with van der Waals surface area (Å²) in [5.74, 6) is 0.717. The van der Waals surface area contributed by atoms with E-state index in [9.17, 15) is 5.11 Å². The van der Waals surface area contributed by atoms with E-state index in [0.717, 1.165) is 18.4 Å². The largest absolute Gasteiger partial charge is 0.502 e. The molecule has 0 saturated carbocycles. The summed E-state index contributed by atoms with van der Waals surface area (Å²) in [5, 5.41) is 9.76. The summed E-state index contributed by atoms with van der Waals surface area (Å²) < 4.78 is 10.1. The highest BCUT2D eigenvalue weighted by Gasteiger charge is 2.14. The van der Waals surface area contributed by atoms with Gasteiger partial charge in [0.1, 0.15) is 0 Å². The molecule has 5 heteroatoms. The van der Waals surface area contributed by atoms with Crippen LogP contribution >= 0.6 is 0 Å². The maximum absolute atomic E-state index is 9.76. The fraction of sp³-hybridized carbons (Fsp3) is 0.500. The number of benzene rings is 1. The molecule has 0 aromatic heterocycles. The number of aromatic hydroxyl groups is 1. The van der Waals surface area contributed by atoms with Crippen molar-refractivity contribution in [2.45, 2.75) is 18.9 Å². The quantitative estimate of drug-likeness (QED) is 0.693.